The fraction of sp³-hybridized carbons (Fsp3) is 0.235. The predicted molar refractivity (Wildman–Crippen MR) is 86.2 cm³/mol. The number of aryl methyl sites for hydroxylation is 1. The van der Waals surface area contributed by atoms with Crippen LogP contribution in [0.1, 0.15) is 35.7 Å². The number of carbonyl (C=O) groups is 1. The number of unbranched alkanes of at least 4 members (excludes halogenated alkanes) is 1. The quantitative estimate of drug-likeness (QED) is 0.772. The van der Waals surface area contributed by atoms with Gasteiger partial charge in [-0.25, -0.2) is 4.79 Å². The van der Waals surface area contributed by atoms with E-state index in [0.29, 0.717) is 11.5 Å². The third kappa shape index (κ3) is 4.33. The summed E-state index contributed by atoms with van der Waals surface area (Å²) in [4.78, 5) is 11.2. The predicted octanol–water partition coefficient (Wildman–Crippen LogP) is 5.28. The molecule has 110 valence electrons. The second-order valence-electron chi connectivity index (χ2n) is 4.80. The topological polar surface area (TPSA) is 46.5 Å². The molecule has 0 saturated heterocycles. The number of carboxylic acids is 1. The van der Waals surface area contributed by atoms with Crippen molar-refractivity contribution in [1.82, 2.24) is 0 Å². The minimum absolute atomic E-state index is 0.147. The molecule has 0 saturated carbocycles. The number of benzene rings is 2. The summed E-state index contributed by atoms with van der Waals surface area (Å²) in [5, 5.41) is 9.18. The molecule has 2 rings (SSSR count). The zero-order valence-electron chi connectivity index (χ0n) is 11.8. The first-order chi connectivity index (χ1) is 10.1. The average Bonchev–Trinajstić information content (AvgIpc) is 2.46. The molecule has 1 N–H and O–H groups in total. The molecule has 2 aromatic carbocycles. The molecule has 0 fully saturated rings. The smallest absolute Gasteiger partial charge is 0.339 e. The van der Waals surface area contributed by atoms with Gasteiger partial charge in [-0.15, -0.1) is 0 Å². The van der Waals surface area contributed by atoms with Gasteiger partial charge in [0.1, 0.15) is 17.1 Å². The molecule has 21 heavy (non-hydrogen) atoms. The zero-order valence-corrected chi connectivity index (χ0v) is 13.4. The van der Waals surface area contributed by atoms with Crippen molar-refractivity contribution < 1.29 is 14.6 Å². The SMILES string of the molecule is CCCCc1ccc(Oc2cc(Br)ccc2C(=O)O)cc1. The van der Waals surface area contributed by atoms with E-state index in [2.05, 4.69) is 22.9 Å². The molecule has 0 heterocycles. The molecule has 0 aliphatic rings. The third-order valence-electron chi connectivity index (χ3n) is 3.14. The van der Waals surface area contributed by atoms with Crippen LogP contribution in [0.3, 0.4) is 0 Å². The molecule has 0 bridgehead atoms. The summed E-state index contributed by atoms with van der Waals surface area (Å²) in [7, 11) is 0. The Labute approximate surface area is 132 Å². The van der Waals surface area contributed by atoms with Crippen molar-refractivity contribution in [2.75, 3.05) is 0 Å². The van der Waals surface area contributed by atoms with Crippen LogP contribution in [0.15, 0.2) is 46.9 Å². The Morgan fingerprint density at radius 1 is 1.19 bits per heavy atom. The van der Waals surface area contributed by atoms with Crippen LogP contribution in [-0.2, 0) is 6.42 Å². The van der Waals surface area contributed by atoms with Gasteiger partial charge in [0.15, 0.2) is 0 Å². The number of hydrogen-bond donors (Lipinski definition) is 1. The highest BCUT2D eigenvalue weighted by atomic mass is 79.9. The van der Waals surface area contributed by atoms with E-state index in [4.69, 9.17) is 4.74 Å². The molecular formula is C17H17BrO3. The van der Waals surface area contributed by atoms with E-state index in [1.54, 1.807) is 12.1 Å². The van der Waals surface area contributed by atoms with E-state index in [9.17, 15) is 9.90 Å². The monoisotopic (exact) mass is 348 g/mol. The fourth-order valence-electron chi connectivity index (χ4n) is 1.99. The van der Waals surface area contributed by atoms with Gasteiger partial charge >= 0.3 is 5.97 Å². The highest BCUT2D eigenvalue weighted by molar-refractivity contribution is 9.10. The summed E-state index contributed by atoms with van der Waals surface area (Å²) in [5.41, 5.74) is 1.41. The first kappa shape index (κ1) is 15.6. The maximum atomic E-state index is 11.2. The first-order valence-electron chi connectivity index (χ1n) is 6.90. The Bertz CT molecular complexity index is 620. The van der Waals surface area contributed by atoms with Gasteiger partial charge in [-0.05, 0) is 48.7 Å². The van der Waals surface area contributed by atoms with Gasteiger partial charge in [0.25, 0.3) is 0 Å². The van der Waals surface area contributed by atoms with Crippen LogP contribution in [0.4, 0.5) is 0 Å². The summed E-state index contributed by atoms with van der Waals surface area (Å²) < 4.78 is 6.48. The molecule has 0 amide bonds. The van der Waals surface area contributed by atoms with Crippen LogP contribution < -0.4 is 4.74 Å². The number of carboxylic acid groups (broad SMARTS) is 1. The van der Waals surface area contributed by atoms with Crippen molar-refractivity contribution in [3.8, 4) is 11.5 Å². The zero-order chi connectivity index (χ0) is 15.2. The Balaban J connectivity index is 2.18. The normalized spacial score (nSPS) is 10.4. The van der Waals surface area contributed by atoms with Crippen LogP contribution >= 0.6 is 15.9 Å². The van der Waals surface area contributed by atoms with Crippen LogP contribution in [0, 0.1) is 0 Å². The summed E-state index contributed by atoms with van der Waals surface area (Å²) in [6.07, 6.45) is 3.38. The van der Waals surface area contributed by atoms with Crippen molar-refractivity contribution in [2.45, 2.75) is 26.2 Å². The maximum Gasteiger partial charge on any atom is 0.339 e. The van der Waals surface area contributed by atoms with Crippen LogP contribution in [0.2, 0.25) is 0 Å². The van der Waals surface area contributed by atoms with Crippen molar-refractivity contribution in [1.29, 1.82) is 0 Å². The Kier molecular flexibility index (Phi) is 5.39. The van der Waals surface area contributed by atoms with Crippen LogP contribution in [0.5, 0.6) is 11.5 Å². The molecule has 0 radical (unpaired) electrons. The lowest BCUT2D eigenvalue weighted by Crippen LogP contribution is -2.00. The molecule has 0 atom stereocenters. The van der Waals surface area contributed by atoms with Crippen LogP contribution in [-0.4, -0.2) is 11.1 Å². The van der Waals surface area contributed by atoms with E-state index in [-0.39, 0.29) is 5.56 Å². The number of ether oxygens (including phenoxy) is 1. The van der Waals surface area contributed by atoms with Gasteiger partial charge in [-0.2, -0.15) is 0 Å². The van der Waals surface area contributed by atoms with E-state index >= 15 is 0 Å². The third-order valence-corrected chi connectivity index (χ3v) is 3.64. The Morgan fingerprint density at radius 3 is 2.52 bits per heavy atom. The lowest BCUT2D eigenvalue weighted by atomic mass is 10.1. The minimum atomic E-state index is -1.00. The van der Waals surface area contributed by atoms with Gasteiger partial charge in [-0.1, -0.05) is 41.4 Å². The number of halogens is 1. The van der Waals surface area contributed by atoms with Gasteiger partial charge in [0.2, 0.25) is 0 Å². The van der Waals surface area contributed by atoms with Crippen molar-refractivity contribution in [3.05, 3.63) is 58.1 Å². The second kappa shape index (κ2) is 7.27. The highest BCUT2D eigenvalue weighted by Gasteiger charge is 2.12. The van der Waals surface area contributed by atoms with Gasteiger partial charge in [0, 0.05) is 4.47 Å². The Morgan fingerprint density at radius 2 is 1.90 bits per heavy atom. The second-order valence-corrected chi connectivity index (χ2v) is 5.71. The van der Waals surface area contributed by atoms with Crippen molar-refractivity contribution in [3.63, 3.8) is 0 Å². The van der Waals surface area contributed by atoms with E-state index in [1.165, 1.54) is 11.6 Å². The molecule has 3 nitrogen and oxygen atoms in total. The van der Waals surface area contributed by atoms with Gasteiger partial charge in [0.05, 0.1) is 0 Å². The number of hydrogen-bond acceptors (Lipinski definition) is 2. The average molecular weight is 349 g/mol. The maximum absolute atomic E-state index is 11.2. The summed E-state index contributed by atoms with van der Waals surface area (Å²) in [6.45, 7) is 2.16. The number of aromatic carboxylic acids is 1. The molecule has 2 aromatic rings. The molecule has 0 aliphatic heterocycles. The standard InChI is InChI=1S/C17H17BrO3/c1-2-3-4-12-5-8-14(9-6-12)21-16-11-13(18)7-10-15(16)17(19)20/h5-11H,2-4H2,1H3,(H,19,20). The first-order valence-corrected chi connectivity index (χ1v) is 7.69. The molecule has 0 spiro atoms. The van der Waals surface area contributed by atoms with Gasteiger partial charge < -0.3 is 9.84 Å². The van der Waals surface area contributed by atoms with E-state index in [0.717, 1.165) is 23.7 Å². The minimum Gasteiger partial charge on any atom is -0.478 e. The molecular weight excluding hydrogens is 332 g/mol. The summed E-state index contributed by atoms with van der Waals surface area (Å²) >= 11 is 3.33. The van der Waals surface area contributed by atoms with E-state index < -0.39 is 5.97 Å². The largest absolute Gasteiger partial charge is 0.478 e. The Hall–Kier alpha value is -1.81. The molecule has 0 aromatic heterocycles. The van der Waals surface area contributed by atoms with E-state index in [1.807, 2.05) is 24.3 Å². The summed E-state index contributed by atoms with van der Waals surface area (Å²) in [5.74, 6) is -0.0360. The summed E-state index contributed by atoms with van der Waals surface area (Å²) in [6, 6.07) is 12.7. The fourth-order valence-corrected chi connectivity index (χ4v) is 2.33. The number of rotatable bonds is 6. The molecule has 0 unspecified atom stereocenters. The molecule has 0 aliphatic carbocycles. The lowest BCUT2D eigenvalue weighted by Gasteiger charge is -2.10. The lowest BCUT2D eigenvalue weighted by molar-refractivity contribution is 0.0694. The highest BCUT2D eigenvalue weighted by Crippen LogP contribution is 2.29. The van der Waals surface area contributed by atoms with Crippen molar-refractivity contribution in [2.24, 2.45) is 0 Å². The van der Waals surface area contributed by atoms with Crippen molar-refractivity contribution >= 4 is 21.9 Å². The molecule has 4 heteroatoms. The van der Waals surface area contributed by atoms with Crippen LogP contribution in [0.25, 0.3) is 0 Å². The van der Waals surface area contributed by atoms with Gasteiger partial charge in [-0.3, -0.25) is 0 Å².